The lowest BCUT2D eigenvalue weighted by molar-refractivity contribution is 0.511. The Morgan fingerprint density at radius 3 is 3.15 bits per heavy atom. The molecule has 0 radical (unpaired) electrons. The number of aryl methyl sites for hydroxylation is 1. The second kappa shape index (κ2) is 3.79. The maximum atomic E-state index is 5.47. The van der Waals surface area contributed by atoms with E-state index < -0.39 is 0 Å². The van der Waals surface area contributed by atoms with Gasteiger partial charge in [0.05, 0.1) is 6.20 Å². The molecule has 1 fully saturated rings. The van der Waals surface area contributed by atoms with Gasteiger partial charge in [-0.1, -0.05) is 0 Å². The summed E-state index contributed by atoms with van der Waals surface area (Å²) in [4.78, 5) is 6.40. The Bertz CT molecular complexity index is 264. The van der Waals surface area contributed by atoms with Crippen LogP contribution in [0.1, 0.15) is 12.2 Å². The Morgan fingerprint density at radius 1 is 1.46 bits per heavy atom. The van der Waals surface area contributed by atoms with Crippen molar-refractivity contribution in [1.82, 2.24) is 10.3 Å². The van der Waals surface area contributed by atoms with Crippen LogP contribution in [0.4, 0.5) is 6.01 Å². The maximum Gasteiger partial charge on any atom is 0.297 e. The van der Waals surface area contributed by atoms with E-state index in [0.29, 0.717) is 0 Å². The molecule has 4 heteroatoms. The van der Waals surface area contributed by atoms with E-state index in [0.717, 1.165) is 44.4 Å². The van der Waals surface area contributed by atoms with Gasteiger partial charge in [0.2, 0.25) is 0 Å². The molecule has 0 atom stereocenters. The summed E-state index contributed by atoms with van der Waals surface area (Å²) in [6.07, 6.45) is 2.93. The minimum Gasteiger partial charge on any atom is -0.429 e. The second-order valence-electron chi connectivity index (χ2n) is 3.34. The minimum atomic E-state index is 0.765. The summed E-state index contributed by atoms with van der Waals surface area (Å²) in [5.74, 6) is 0.882. The maximum absolute atomic E-state index is 5.47. The highest BCUT2D eigenvalue weighted by molar-refractivity contribution is 5.26. The number of hydrogen-bond donors (Lipinski definition) is 1. The van der Waals surface area contributed by atoms with E-state index in [1.54, 1.807) is 6.20 Å². The molecular weight excluding hydrogens is 166 g/mol. The molecule has 0 aromatic carbocycles. The molecule has 2 heterocycles. The lowest BCUT2D eigenvalue weighted by Gasteiger charge is -2.16. The van der Waals surface area contributed by atoms with Gasteiger partial charge in [0.1, 0.15) is 5.76 Å². The van der Waals surface area contributed by atoms with Crippen LogP contribution in [-0.4, -0.2) is 31.2 Å². The Kier molecular flexibility index (Phi) is 2.49. The average Bonchev–Trinajstić information content (AvgIpc) is 2.43. The van der Waals surface area contributed by atoms with Crippen LogP contribution in [0.2, 0.25) is 0 Å². The molecule has 1 N–H and O–H groups in total. The number of nitrogens with one attached hydrogen (secondary N) is 1. The van der Waals surface area contributed by atoms with Gasteiger partial charge >= 0.3 is 0 Å². The standard InChI is InChI=1S/C9H15N3O/c1-8-7-11-9(13-8)12-5-2-3-10-4-6-12/h7,10H,2-6H2,1H3. The monoisotopic (exact) mass is 181 g/mol. The summed E-state index contributed by atoms with van der Waals surface area (Å²) in [6, 6.07) is 0.765. The third kappa shape index (κ3) is 2.01. The summed E-state index contributed by atoms with van der Waals surface area (Å²) in [6.45, 7) is 6.05. The predicted molar refractivity (Wildman–Crippen MR) is 50.9 cm³/mol. The van der Waals surface area contributed by atoms with Crippen molar-refractivity contribution in [3.05, 3.63) is 12.0 Å². The molecule has 2 rings (SSSR count). The Balaban J connectivity index is 2.06. The number of oxazole rings is 1. The molecule has 1 aliphatic heterocycles. The Morgan fingerprint density at radius 2 is 2.38 bits per heavy atom. The van der Waals surface area contributed by atoms with Gasteiger partial charge in [-0.2, -0.15) is 0 Å². The van der Waals surface area contributed by atoms with Gasteiger partial charge in [-0.15, -0.1) is 0 Å². The molecule has 13 heavy (non-hydrogen) atoms. The van der Waals surface area contributed by atoms with Crippen molar-refractivity contribution in [1.29, 1.82) is 0 Å². The summed E-state index contributed by atoms with van der Waals surface area (Å²) in [5, 5.41) is 3.34. The normalized spacial score (nSPS) is 18.7. The summed E-state index contributed by atoms with van der Waals surface area (Å²) >= 11 is 0. The van der Waals surface area contributed by atoms with Crippen LogP contribution in [0.25, 0.3) is 0 Å². The molecule has 1 saturated heterocycles. The van der Waals surface area contributed by atoms with Gasteiger partial charge in [-0.25, -0.2) is 4.98 Å². The van der Waals surface area contributed by atoms with Gasteiger partial charge in [0.25, 0.3) is 6.01 Å². The fourth-order valence-corrected chi connectivity index (χ4v) is 1.53. The smallest absolute Gasteiger partial charge is 0.297 e. The number of rotatable bonds is 1. The molecule has 1 aromatic rings. The molecule has 0 spiro atoms. The zero-order chi connectivity index (χ0) is 9.10. The number of nitrogens with zero attached hydrogens (tertiary/aromatic N) is 2. The van der Waals surface area contributed by atoms with Crippen molar-refractivity contribution in [2.24, 2.45) is 0 Å². The van der Waals surface area contributed by atoms with Crippen molar-refractivity contribution in [2.45, 2.75) is 13.3 Å². The largest absolute Gasteiger partial charge is 0.429 e. The van der Waals surface area contributed by atoms with E-state index in [2.05, 4.69) is 15.2 Å². The van der Waals surface area contributed by atoms with Crippen LogP contribution in [-0.2, 0) is 0 Å². The first-order valence-electron chi connectivity index (χ1n) is 4.74. The predicted octanol–water partition coefficient (Wildman–Crippen LogP) is 0.783. The molecular formula is C9H15N3O. The minimum absolute atomic E-state index is 0.765. The molecule has 0 bridgehead atoms. The van der Waals surface area contributed by atoms with E-state index >= 15 is 0 Å². The third-order valence-corrected chi connectivity index (χ3v) is 2.22. The van der Waals surface area contributed by atoms with Crippen molar-refractivity contribution in [2.75, 3.05) is 31.1 Å². The first-order chi connectivity index (χ1) is 6.36. The topological polar surface area (TPSA) is 41.3 Å². The Hall–Kier alpha value is -1.03. The number of hydrogen-bond acceptors (Lipinski definition) is 4. The van der Waals surface area contributed by atoms with Crippen molar-refractivity contribution < 1.29 is 4.42 Å². The molecule has 72 valence electrons. The van der Waals surface area contributed by atoms with Crippen LogP contribution in [0, 0.1) is 6.92 Å². The molecule has 0 amide bonds. The molecule has 0 unspecified atom stereocenters. The SMILES string of the molecule is Cc1cnc(N2CCCNCC2)o1. The van der Waals surface area contributed by atoms with E-state index in [4.69, 9.17) is 4.42 Å². The fourth-order valence-electron chi connectivity index (χ4n) is 1.53. The van der Waals surface area contributed by atoms with Crippen LogP contribution in [0.3, 0.4) is 0 Å². The summed E-state index contributed by atoms with van der Waals surface area (Å²) < 4.78 is 5.47. The lowest BCUT2D eigenvalue weighted by atomic mass is 10.4. The highest BCUT2D eigenvalue weighted by Gasteiger charge is 2.13. The summed E-state index contributed by atoms with van der Waals surface area (Å²) in [7, 11) is 0. The zero-order valence-corrected chi connectivity index (χ0v) is 7.92. The molecule has 0 aliphatic carbocycles. The zero-order valence-electron chi connectivity index (χ0n) is 7.92. The van der Waals surface area contributed by atoms with E-state index in [9.17, 15) is 0 Å². The van der Waals surface area contributed by atoms with E-state index in [-0.39, 0.29) is 0 Å². The van der Waals surface area contributed by atoms with Gasteiger partial charge < -0.3 is 14.6 Å². The van der Waals surface area contributed by atoms with Crippen molar-refractivity contribution in [3.8, 4) is 0 Å². The second-order valence-corrected chi connectivity index (χ2v) is 3.34. The van der Waals surface area contributed by atoms with Gasteiger partial charge in [-0.3, -0.25) is 0 Å². The van der Waals surface area contributed by atoms with Crippen LogP contribution in [0.15, 0.2) is 10.6 Å². The van der Waals surface area contributed by atoms with Crippen molar-refractivity contribution in [3.63, 3.8) is 0 Å². The number of aromatic nitrogens is 1. The molecule has 0 saturated carbocycles. The lowest BCUT2D eigenvalue weighted by Crippen LogP contribution is -2.27. The van der Waals surface area contributed by atoms with Gasteiger partial charge in [-0.05, 0) is 19.9 Å². The highest BCUT2D eigenvalue weighted by atomic mass is 16.4. The third-order valence-electron chi connectivity index (χ3n) is 2.22. The van der Waals surface area contributed by atoms with Crippen molar-refractivity contribution >= 4 is 6.01 Å². The highest BCUT2D eigenvalue weighted by Crippen LogP contribution is 2.14. The van der Waals surface area contributed by atoms with Crippen LogP contribution >= 0.6 is 0 Å². The number of anilines is 1. The molecule has 1 aromatic heterocycles. The van der Waals surface area contributed by atoms with Crippen LogP contribution in [0.5, 0.6) is 0 Å². The molecule has 4 nitrogen and oxygen atoms in total. The fraction of sp³-hybridized carbons (Fsp3) is 0.667. The first kappa shape index (κ1) is 8.56. The van der Waals surface area contributed by atoms with E-state index in [1.807, 2.05) is 6.92 Å². The van der Waals surface area contributed by atoms with Gasteiger partial charge in [0.15, 0.2) is 0 Å². The first-order valence-corrected chi connectivity index (χ1v) is 4.74. The molecule has 1 aliphatic rings. The Labute approximate surface area is 77.9 Å². The quantitative estimate of drug-likeness (QED) is 0.695. The average molecular weight is 181 g/mol. The van der Waals surface area contributed by atoms with E-state index in [1.165, 1.54) is 0 Å². The summed E-state index contributed by atoms with van der Waals surface area (Å²) in [5.41, 5.74) is 0. The van der Waals surface area contributed by atoms with Gasteiger partial charge in [0, 0.05) is 19.6 Å². The van der Waals surface area contributed by atoms with Crippen LogP contribution < -0.4 is 10.2 Å².